The molecule has 0 amide bonds. The summed E-state index contributed by atoms with van der Waals surface area (Å²) in [4.78, 5) is 2.25. The predicted molar refractivity (Wildman–Crippen MR) is 102 cm³/mol. The summed E-state index contributed by atoms with van der Waals surface area (Å²) in [6.07, 6.45) is 6.22. The monoisotopic (exact) mass is 359 g/mol. The van der Waals surface area contributed by atoms with E-state index in [2.05, 4.69) is 72.6 Å². The number of rotatable bonds is 8. The molecule has 140 valence electrons. The maximum absolute atomic E-state index is 4.58. The van der Waals surface area contributed by atoms with Crippen LogP contribution in [0.4, 0.5) is 23.0 Å². The van der Waals surface area contributed by atoms with Gasteiger partial charge < -0.3 is 21.7 Å². The van der Waals surface area contributed by atoms with E-state index in [0.717, 1.165) is 69.4 Å². The number of imidazole rings is 1. The minimum Gasteiger partial charge on any atom is -0.382 e. The Kier molecular flexibility index (Phi) is 6.19. The number of nitrogens with one attached hydrogen (secondary N) is 1. The molecule has 1 aromatic carbocycles. The third-order valence-electron chi connectivity index (χ3n) is 4.65. The Balaban J connectivity index is 1.83. The van der Waals surface area contributed by atoms with Gasteiger partial charge >= 0.3 is 5.95 Å². The van der Waals surface area contributed by atoms with Crippen molar-refractivity contribution in [1.29, 1.82) is 0 Å². The van der Waals surface area contributed by atoms with Gasteiger partial charge in [0.2, 0.25) is 0 Å². The van der Waals surface area contributed by atoms with Gasteiger partial charge in [-0.05, 0) is 18.2 Å². The lowest BCUT2D eigenvalue weighted by Crippen LogP contribution is -2.51. The molecule has 0 saturated heterocycles. The molecule has 1 aliphatic heterocycles. The first-order chi connectivity index (χ1) is 12.7. The van der Waals surface area contributed by atoms with E-state index in [0.29, 0.717) is 0 Å². The Morgan fingerprint density at radius 2 is 2.04 bits per heavy atom. The quantitative estimate of drug-likeness (QED) is 0.466. The molecule has 0 atom stereocenters. The van der Waals surface area contributed by atoms with Gasteiger partial charge in [-0.15, -0.1) is 0 Å². The summed E-state index contributed by atoms with van der Waals surface area (Å²) in [5.74, 6) is 0.884. The largest absolute Gasteiger partial charge is 0.421 e. The van der Waals surface area contributed by atoms with E-state index in [-0.39, 0.29) is 0 Å². The third kappa shape index (κ3) is 4.20. The van der Waals surface area contributed by atoms with Crippen molar-refractivity contribution in [2.75, 3.05) is 43.4 Å². The molecular weight excluding hydrogens is 328 g/mol. The molecule has 0 spiro atoms. The summed E-state index contributed by atoms with van der Waals surface area (Å²) in [6, 6.07) is 6.20. The Bertz CT molecular complexity index is 726. The molecule has 0 radical (unpaired) electrons. The second-order valence-electron chi connectivity index (χ2n) is 6.65. The van der Waals surface area contributed by atoms with Crippen LogP contribution in [0.3, 0.4) is 0 Å². The van der Waals surface area contributed by atoms with Crippen LogP contribution in [0.15, 0.2) is 40.8 Å². The number of hydrogen-bond acceptors (Lipinski definition) is 4. The van der Waals surface area contributed by atoms with Crippen molar-refractivity contribution in [2.24, 2.45) is 10.2 Å². The van der Waals surface area contributed by atoms with Crippen LogP contribution >= 0.6 is 0 Å². The van der Waals surface area contributed by atoms with Crippen LogP contribution in [0.2, 0.25) is 0 Å². The fourth-order valence-electron chi connectivity index (χ4n) is 3.13. The average molecular weight is 360 g/mol. The van der Waals surface area contributed by atoms with Gasteiger partial charge in [0.1, 0.15) is 5.69 Å². The van der Waals surface area contributed by atoms with Gasteiger partial charge in [-0.2, -0.15) is 0 Å². The van der Waals surface area contributed by atoms with Gasteiger partial charge in [0, 0.05) is 38.1 Å². The molecule has 26 heavy (non-hydrogen) atoms. The van der Waals surface area contributed by atoms with Gasteiger partial charge in [-0.1, -0.05) is 5.11 Å². The van der Waals surface area contributed by atoms with Crippen molar-refractivity contribution in [2.45, 2.75) is 25.9 Å². The van der Waals surface area contributed by atoms with E-state index in [4.69, 9.17) is 0 Å². The number of azo groups is 1. The highest BCUT2D eigenvalue weighted by molar-refractivity contribution is 5.75. The van der Waals surface area contributed by atoms with Gasteiger partial charge in [0.25, 0.3) is 0 Å². The summed E-state index contributed by atoms with van der Waals surface area (Å²) in [5.41, 5.74) is 11.1. The maximum Gasteiger partial charge on any atom is 0.421 e. The van der Waals surface area contributed by atoms with Gasteiger partial charge in [-0.3, -0.25) is 0 Å². The predicted octanol–water partition coefficient (Wildman–Crippen LogP) is 0.317. The van der Waals surface area contributed by atoms with E-state index in [1.54, 1.807) is 0 Å². The second-order valence-corrected chi connectivity index (χ2v) is 6.65. The van der Waals surface area contributed by atoms with Gasteiger partial charge in [-0.25, -0.2) is 9.13 Å². The molecule has 7 N–H and O–H groups in total. The van der Waals surface area contributed by atoms with Crippen molar-refractivity contribution < 1.29 is 16.0 Å². The molecule has 1 aromatic heterocycles. The molecule has 2 aromatic rings. The fraction of sp³-hybridized carbons (Fsp3) is 0.500. The minimum atomic E-state index is 0.861. The van der Waals surface area contributed by atoms with Crippen molar-refractivity contribution in [3.8, 4) is 0 Å². The Labute approximate surface area is 154 Å². The number of anilines is 2. The standard InChI is InChI=1S/C18H29N8/c1-24-11-8-21-16-14-15(4-5-17(16)24)22-23-18-25(9-2-6-19)12-13-26(18)10-3-7-20/h4-5,12-14,21H,2-3,6-11,19-20H2,1H3/q+1/p+2. The summed E-state index contributed by atoms with van der Waals surface area (Å²) in [7, 11) is 2.11. The molecule has 0 saturated carbocycles. The maximum atomic E-state index is 4.58. The van der Waals surface area contributed by atoms with Crippen LogP contribution in [-0.4, -0.2) is 37.8 Å². The number of aromatic nitrogens is 2. The molecule has 0 fully saturated rings. The Hall–Kier alpha value is -2.45. The van der Waals surface area contributed by atoms with Crippen molar-refractivity contribution in [3.05, 3.63) is 30.6 Å². The van der Waals surface area contributed by atoms with E-state index in [1.807, 2.05) is 6.07 Å². The highest BCUT2D eigenvalue weighted by atomic mass is 15.3. The van der Waals surface area contributed by atoms with E-state index >= 15 is 0 Å². The molecule has 8 heteroatoms. The first-order valence-electron chi connectivity index (χ1n) is 9.41. The molecule has 3 rings (SSSR count). The number of nitrogens with zero attached hydrogens (tertiary/aromatic N) is 5. The van der Waals surface area contributed by atoms with Crippen LogP contribution in [0, 0.1) is 0 Å². The molecule has 8 nitrogen and oxygen atoms in total. The molecule has 0 bridgehead atoms. The van der Waals surface area contributed by atoms with Crippen molar-refractivity contribution in [1.82, 2.24) is 4.57 Å². The zero-order chi connectivity index (χ0) is 18.4. The Morgan fingerprint density at radius 3 is 2.85 bits per heavy atom. The van der Waals surface area contributed by atoms with Crippen LogP contribution in [0.25, 0.3) is 0 Å². The lowest BCUT2D eigenvalue weighted by Gasteiger charge is -2.28. The highest BCUT2D eigenvalue weighted by Gasteiger charge is 2.18. The topological polar surface area (TPSA) is 104 Å². The Morgan fingerprint density at radius 1 is 1.19 bits per heavy atom. The summed E-state index contributed by atoms with van der Waals surface area (Å²) in [6.45, 7) is 5.61. The van der Waals surface area contributed by atoms with Crippen LogP contribution in [0.5, 0.6) is 0 Å². The third-order valence-corrected chi connectivity index (χ3v) is 4.65. The molecule has 1 aliphatic rings. The summed E-state index contributed by atoms with van der Waals surface area (Å²) < 4.78 is 4.31. The summed E-state index contributed by atoms with van der Waals surface area (Å²) in [5, 5.41) is 12.5. The number of quaternary nitrogens is 2. The normalized spacial score (nSPS) is 13.9. The lowest BCUT2D eigenvalue weighted by molar-refractivity contribution is -0.686. The number of aryl methyl sites for hydroxylation is 2. The average Bonchev–Trinajstić information content (AvgIpc) is 3.04. The SMILES string of the molecule is CN1CCNc2cc(N=Nc3n(CCC[NH3+])cc[n+]3CCC[NH3+])ccc21. The first kappa shape index (κ1) is 18.3. The number of likely N-dealkylation sites (N-methyl/N-ethyl adjacent to an activating group) is 1. The van der Waals surface area contributed by atoms with Crippen molar-refractivity contribution in [3.63, 3.8) is 0 Å². The molecular formula is C18H31N8+3. The smallest absolute Gasteiger partial charge is 0.382 e. The molecule has 0 aliphatic carbocycles. The highest BCUT2D eigenvalue weighted by Crippen LogP contribution is 2.32. The number of hydrogen-bond donors (Lipinski definition) is 3. The fourth-order valence-corrected chi connectivity index (χ4v) is 3.13. The van der Waals surface area contributed by atoms with Crippen molar-refractivity contribution >= 4 is 23.0 Å². The van der Waals surface area contributed by atoms with E-state index < -0.39 is 0 Å². The zero-order valence-corrected chi connectivity index (χ0v) is 15.7. The van der Waals surface area contributed by atoms with E-state index in [1.165, 1.54) is 5.69 Å². The lowest BCUT2D eigenvalue weighted by atomic mass is 10.2. The van der Waals surface area contributed by atoms with Crippen LogP contribution in [0.1, 0.15) is 12.8 Å². The molecule has 2 heterocycles. The number of fused-ring (bicyclic) bond motifs is 1. The molecule has 0 unspecified atom stereocenters. The zero-order valence-electron chi connectivity index (χ0n) is 15.7. The van der Waals surface area contributed by atoms with Gasteiger partial charge in [0.15, 0.2) is 0 Å². The summed E-state index contributed by atoms with van der Waals surface area (Å²) >= 11 is 0. The second kappa shape index (κ2) is 8.77. The first-order valence-corrected chi connectivity index (χ1v) is 9.41. The van der Waals surface area contributed by atoms with Crippen LogP contribution < -0.4 is 26.3 Å². The number of benzene rings is 1. The van der Waals surface area contributed by atoms with Crippen LogP contribution in [-0.2, 0) is 13.1 Å². The minimum absolute atomic E-state index is 0.861. The van der Waals surface area contributed by atoms with E-state index in [9.17, 15) is 0 Å². The van der Waals surface area contributed by atoms with Gasteiger partial charge in [0.05, 0.1) is 49.9 Å².